The van der Waals surface area contributed by atoms with Crippen LogP contribution in [-0.2, 0) is 9.59 Å². The summed E-state index contributed by atoms with van der Waals surface area (Å²) >= 11 is 0. The van der Waals surface area contributed by atoms with Crippen LogP contribution in [0, 0.1) is 11.8 Å². The molecular formula is C11H18O2. The van der Waals surface area contributed by atoms with Crippen molar-refractivity contribution in [1.29, 1.82) is 0 Å². The fourth-order valence-electron chi connectivity index (χ4n) is 2.00. The second kappa shape index (κ2) is 4.54. The minimum Gasteiger partial charge on any atom is -0.299 e. The van der Waals surface area contributed by atoms with Crippen LogP contribution < -0.4 is 0 Å². The Morgan fingerprint density at radius 2 is 1.69 bits per heavy atom. The maximum absolute atomic E-state index is 11.5. The lowest BCUT2D eigenvalue weighted by molar-refractivity contribution is -0.137. The molecule has 0 saturated heterocycles. The van der Waals surface area contributed by atoms with Crippen LogP contribution in [0.5, 0.6) is 0 Å². The van der Waals surface area contributed by atoms with E-state index in [4.69, 9.17) is 0 Å². The van der Waals surface area contributed by atoms with Crippen LogP contribution >= 0.6 is 0 Å². The smallest absolute Gasteiger partial charge is 0.143 e. The Morgan fingerprint density at radius 3 is 2.08 bits per heavy atom. The summed E-state index contributed by atoms with van der Waals surface area (Å²) in [6.45, 7) is 4.07. The monoisotopic (exact) mass is 182 g/mol. The highest BCUT2D eigenvalue weighted by molar-refractivity contribution is 6.04. The van der Waals surface area contributed by atoms with Gasteiger partial charge in [-0.3, -0.25) is 9.59 Å². The third-order valence-electron chi connectivity index (χ3n) is 2.91. The summed E-state index contributed by atoms with van der Waals surface area (Å²) in [6.07, 6.45) is 3.91. The Kier molecular flexibility index (Phi) is 3.64. The van der Waals surface area contributed by atoms with E-state index in [9.17, 15) is 9.59 Å². The molecule has 0 aromatic carbocycles. The second-order valence-corrected chi connectivity index (χ2v) is 3.96. The van der Waals surface area contributed by atoms with Gasteiger partial charge in [0.05, 0.1) is 5.92 Å². The van der Waals surface area contributed by atoms with E-state index in [-0.39, 0.29) is 17.5 Å². The zero-order valence-corrected chi connectivity index (χ0v) is 8.51. The minimum atomic E-state index is -0.257. The van der Waals surface area contributed by atoms with Gasteiger partial charge >= 0.3 is 0 Å². The van der Waals surface area contributed by atoms with E-state index >= 15 is 0 Å². The van der Waals surface area contributed by atoms with Crippen molar-refractivity contribution in [1.82, 2.24) is 0 Å². The molecule has 0 aromatic heterocycles. The van der Waals surface area contributed by atoms with Crippen LogP contribution in [-0.4, -0.2) is 11.6 Å². The molecule has 0 radical (unpaired) electrons. The van der Waals surface area contributed by atoms with Crippen LogP contribution in [0.3, 0.4) is 0 Å². The van der Waals surface area contributed by atoms with Crippen LogP contribution in [0.1, 0.15) is 46.0 Å². The van der Waals surface area contributed by atoms with Gasteiger partial charge in [-0.15, -0.1) is 0 Å². The van der Waals surface area contributed by atoms with Gasteiger partial charge in [0.25, 0.3) is 0 Å². The van der Waals surface area contributed by atoms with E-state index in [0.717, 1.165) is 19.3 Å². The fraction of sp³-hybridized carbons (Fsp3) is 0.818. The number of carbonyl (C=O) groups excluding carboxylic acids is 2. The molecule has 0 atom stereocenters. The van der Waals surface area contributed by atoms with Gasteiger partial charge < -0.3 is 0 Å². The molecule has 0 N–H and O–H groups in total. The van der Waals surface area contributed by atoms with E-state index in [1.165, 1.54) is 0 Å². The lowest BCUT2D eigenvalue weighted by Gasteiger charge is -2.24. The third kappa shape index (κ3) is 2.39. The zero-order chi connectivity index (χ0) is 9.84. The van der Waals surface area contributed by atoms with Crippen molar-refractivity contribution in [3.05, 3.63) is 0 Å². The van der Waals surface area contributed by atoms with Gasteiger partial charge in [-0.1, -0.05) is 26.7 Å². The molecule has 2 nitrogen and oxygen atoms in total. The molecule has 0 amide bonds. The largest absolute Gasteiger partial charge is 0.299 e. The lowest BCUT2D eigenvalue weighted by atomic mass is 9.77. The Hall–Kier alpha value is -0.660. The highest BCUT2D eigenvalue weighted by Crippen LogP contribution is 2.27. The summed E-state index contributed by atoms with van der Waals surface area (Å²) in [4.78, 5) is 23.1. The van der Waals surface area contributed by atoms with Crippen molar-refractivity contribution in [2.24, 2.45) is 11.8 Å². The normalized spacial score (nSPS) is 29.4. The molecule has 0 aliphatic heterocycles. The molecule has 0 aromatic rings. The summed E-state index contributed by atoms with van der Waals surface area (Å²) < 4.78 is 0. The molecule has 13 heavy (non-hydrogen) atoms. The fourth-order valence-corrected chi connectivity index (χ4v) is 2.00. The summed E-state index contributed by atoms with van der Waals surface area (Å²) in [5.41, 5.74) is 0. The van der Waals surface area contributed by atoms with E-state index in [0.29, 0.717) is 18.8 Å². The quantitative estimate of drug-likeness (QED) is 0.628. The maximum atomic E-state index is 11.5. The predicted molar refractivity (Wildman–Crippen MR) is 51.4 cm³/mol. The molecule has 0 unspecified atom stereocenters. The van der Waals surface area contributed by atoms with E-state index in [2.05, 4.69) is 0 Å². The topological polar surface area (TPSA) is 34.1 Å². The van der Waals surface area contributed by atoms with Crippen molar-refractivity contribution in [2.75, 3.05) is 0 Å². The summed E-state index contributed by atoms with van der Waals surface area (Å²) in [5.74, 6) is 0.441. The number of ketones is 2. The van der Waals surface area contributed by atoms with Gasteiger partial charge in [-0.2, -0.15) is 0 Å². The zero-order valence-electron chi connectivity index (χ0n) is 8.51. The molecule has 1 saturated carbocycles. The molecule has 1 aliphatic rings. The van der Waals surface area contributed by atoms with Gasteiger partial charge in [0.1, 0.15) is 11.6 Å². The SMILES string of the molecule is CCCC1C(=O)CC(CC)CC1=O. The first-order chi connectivity index (χ1) is 6.19. The predicted octanol–water partition coefficient (Wildman–Crippen LogP) is 2.36. The van der Waals surface area contributed by atoms with Gasteiger partial charge in [-0.05, 0) is 12.3 Å². The summed E-state index contributed by atoms with van der Waals surface area (Å²) in [6, 6.07) is 0. The van der Waals surface area contributed by atoms with Gasteiger partial charge in [0, 0.05) is 12.8 Å². The first-order valence-corrected chi connectivity index (χ1v) is 5.24. The Balaban J connectivity index is 2.59. The van der Waals surface area contributed by atoms with E-state index in [1.54, 1.807) is 0 Å². The highest BCUT2D eigenvalue weighted by Gasteiger charge is 2.33. The van der Waals surface area contributed by atoms with Crippen molar-refractivity contribution >= 4 is 11.6 Å². The van der Waals surface area contributed by atoms with Gasteiger partial charge in [-0.25, -0.2) is 0 Å². The molecule has 0 heterocycles. The van der Waals surface area contributed by atoms with Crippen molar-refractivity contribution in [2.45, 2.75) is 46.0 Å². The molecule has 0 bridgehead atoms. The van der Waals surface area contributed by atoms with Crippen molar-refractivity contribution in [3.8, 4) is 0 Å². The van der Waals surface area contributed by atoms with Crippen molar-refractivity contribution < 1.29 is 9.59 Å². The van der Waals surface area contributed by atoms with Crippen LogP contribution in [0.15, 0.2) is 0 Å². The van der Waals surface area contributed by atoms with Gasteiger partial charge in [0.2, 0.25) is 0 Å². The van der Waals surface area contributed by atoms with Crippen molar-refractivity contribution in [3.63, 3.8) is 0 Å². The van der Waals surface area contributed by atoms with Crippen LogP contribution in [0.2, 0.25) is 0 Å². The molecular weight excluding hydrogens is 164 g/mol. The molecule has 0 spiro atoms. The number of hydrogen-bond acceptors (Lipinski definition) is 2. The van der Waals surface area contributed by atoms with Crippen LogP contribution in [0.4, 0.5) is 0 Å². The molecule has 1 fully saturated rings. The number of carbonyl (C=O) groups is 2. The molecule has 1 rings (SSSR count). The average Bonchev–Trinajstić information content (AvgIpc) is 2.11. The number of rotatable bonds is 3. The Morgan fingerprint density at radius 1 is 1.15 bits per heavy atom. The summed E-state index contributed by atoms with van der Waals surface area (Å²) in [7, 11) is 0. The standard InChI is InChI=1S/C11H18O2/c1-3-5-9-10(12)6-8(4-2)7-11(9)13/h8-9H,3-7H2,1-2H3. The number of hydrogen-bond donors (Lipinski definition) is 0. The number of Topliss-reactive ketones (excluding diaryl/α,β-unsaturated/α-hetero) is 2. The first kappa shape index (κ1) is 10.4. The second-order valence-electron chi connectivity index (χ2n) is 3.96. The summed E-state index contributed by atoms with van der Waals surface area (Å²) in [5, 5.41) is 0. The highest BCUT2D eigenvalue weighted by atomic mass is 16.2. The first-order valence-electron chi connectivity index (χ1n) is 5.24. The minimum absolute atomic E-state index is 0.185. The lowest BCUT2D eigenvalue weighted by Crippen LogP contribution is -2.33. The van der Waals surface area contributed by atoms with E-state index < -0.39 is 0 Å². The van der Waals surface area contributed by atoms with Gasteiger partial charge in [0.15, 0.2) is 0 Å². The van der Waals surface area contributed by atoms with Crippen LogP contribution in [0.25, 0.3) is 0 Å². The molecule has 1 aliphatic carbocycles. The average molecular weight is 182 g/mol. The third-order valence-corrected chi connectivity index (χ3v) is 2.91. The molecule has 2 heteroatoms. The maximum Gasteiger partial charge on any atom is 0.143 e. The Bertz CT molecular complexity index is 190. The van der Waals surface area contributed by atoms with E-state index in [1.807, 2.05) is 13.8 Å². The molecule has 74 valence electrons. The Labute approximate surface area is 79.7 Å².